The molecule has 85 heavy (non-hydrogen) atoms. The van der Waals surface area contributed by atoms with Gasteiger partial charge in [-0.2, -0.15) is 0 Å². The van der Waals surface area contributed by atoms with Crippen LogP contribution in [-0.2, 0) is 14.3 Å². The maximum absolute atomic E-state index is 12.5. The highest BCUT2D eigenvalue weighted by Crippen LogP contribution is 2.19. The number of nitrogens with one attached hydrogen (secondary N) is 1. The highest BCUT2D eigenvalue weighted by atomic mass is 16.5. The number of aliphatic hydroxyl groups excluding tert-OH is 2. The molecule has 6 nitrogen and oxygen atoms in total. The van der Waals surface area contributed by atoms with Crippen molar-refractivity contribution < 1.29 is 24.5 Å². The van der Waals surface area contributed by atoms with Gasteiger partial charge in [-0.3, -0.25) is 9.59 Å². The Morgan fingerprint density at radius 1 is 0.318 bits per heavy atom. The van der Waals surface area contributed by atoms with Crippen LogP contribution in [0.4, 0.5) is 0 Å². The number of aliphatic hydroxyl groups is 2. The molecule has 0 radical (unpaired) electrons. The first kappa shape index (κ1) is 83.1. The predicted octanol–water partition coefficient (Wildman–Crippen LogP) is 25.4. The molecule has 3 N–H and O–H groups in total. The number of hydrogen-bond donors (Lipinski definition) is 3. The van der Waals surface area contributed by atoms with E-state index < -0.39 is 12.1 Å². The summed E-state index contributed by atoms with van der Waals surface area (Å²) in [5.74, 6) is -0.0505. The van der Waals surface area contributed by atoms with Gasteiger partial charge in [0.05, 0.1) is 25.4 Å². The monoisotopic (exact) mass is 1190 g/mol. The summed E-state index contributed by atoms with van der Waals surface area (Å²) in [5.41, 5.74) is 0. The number of unbranched alkanes of at least 4 members (excludes halogenated alkanes) is 58. The summed E-state index contributed by atoms with van der Waals surface area (Å²) in [6.45, 7) is 4.94. The largest absolute Gasteiger partial charge is 0.466 e. The second-order valence-corrected chi connectivity index (χ2v) is 26.7. The number of hydrogen-bond acceptors (Lipinski definition) is 5. The molecule has 0 aliphatic rings. The van der Waals surface area contributed by atoms with Crippen molar-refractivity contribution in [2.75, 3.05) is 13.2 Å². The predicted molar refractivity (Wildman–Crippen MR) is 375 cm³/mol. The fourth-order valence-electron chi connectivity index (χ4n) is 12.2. The summed E-state index contributed by atoms with van der Waals surface area (Å²) in [7, 11) is 0. The molecule has 0 heterocycles. The van der Waals surface area contributed by atoms with E-state index in [9.17, 15) is 19.8 Å². The average molecular weight is 1200 g/mol. The summed E-state index contributed by atoms with van der Waals surface area (Å²) in [5, 5.41) is 23.3. The molecule has 2 atom stereocenters. The highest BCUT2D eigenvalue weighted by Gasteiger charge is 2.18. The molecule has 0 fully saturated rings. The Balaban J connectivity index is 3.38. The van der Waals surface area contributed by atoms with Crippen LogP contribution in [0.2, 0.25) is 0 Å². The summed E-state index contributed by atoms with van der Waals surface area (Å²) in [6.07, 6.45) is 96.8. The topological polar surface area (TPSA) is 95.9 Å². The number of allylic oxidation sites excluding steroid dienone is 5. The van der Waals surface area contributed by atoms with E-state index in [1.54, 1.807) is 6.08 Å². The van der Waals surface area contributed by atoms with Crippen molar-refractivity contribution in [1.29, 1.82) is 0 Å². The van der Waals surface area contributed by atoms with Crippen molar-refractivity contribution >= 4 is 11.9 Å². The van der Waals surface area contributed by atoms with E-state index in [0.29, 0.717) is 19.4 Å². The Morgan fingerprint density at radius 3 is 0.835 bits per heavy atom. The quantitative estimate of drug-likeness (QED) is 0.0320. The van der Waals surface area contributed by atoms with Gasteiger partial charge in [0.2, 0.25) is 5.91 Å². The lowest BCUT2D eigenvalue weighted by atomic mass is 10.0. The number of carbonyl (C=O) groups is 2. The Morgan fingerprint density at radius 2 is 0.553 bits per heavy atom. The molecule has 502 valence electrons. The molecule has 1 amide bonds. The van der Waals surface area contributed by atoms with Gasteiger partial charge in [-0.25, -0.2) is 0 Å². The molecule has 0 aliphatic carbocycles. The minimum atomic E-state index is -0.844. The molecule has 0 aromatic rings. The summed E-state index contributed by atoms with van der Waals surface area (Å²) in [4.78, 5) is 24.6. The minimum Gasteiger partial charge on any atom is -0.466 e. The van der Waals surface area contributed by atoms with E-state index in [-0.39, 0.29) is 18.5 Å². The van der Waals surface area contributed by atoms with Gasteiger partial charge >= 0.3 is 5.97 Å². The summed E-state index contributed by atoms with van der Waals surface area (Å²) in [6, 6.07) is -0.627. The SMILES string of the molecule is CCCCCCCC/C=C\CCCCCCCC(=O)OCCCCCCCCCCCCCC/C=C\CCCCCCCCCCCCCCCCCCC(=O)NC(CO)C(O)/C=C/CCCCCCCCCCCCCCCCCCCCC. The molecular formula is C79H151NO5. The molecule has 0 aromatic carbocycles. The van der Waals surface area contributed by atoms with Crippen molar-refractivity contribution in [3.63, 3.8) is 0 Å². The Bertz CT molecular complexity index is 1380. The molecule has 2 unspecified atom stereocenters. The minimum absolute atomic E-state index is 0.0106. The molecule has 0 rings (SSSR count). The van der Waals surface area contributed by atoms with Gasteiger partial charge in [0.1, 0.15) is 0 Å². The van der Waals surface area contributed by atoms with E-state index in [0.717, 1.165) is 44.9 Å². The number of esters is 1. The van der Waals surface area contributed by atoms with Crippen LogP contribution in [0.15, 0.2) is 36.5 Å². The van der Waals surface area contributed by atoms with Crippen molar-refractivity contribution in [3.05, 3.63) is 36.5 Å². The lowest BCUT2D eigenvalue weighted by molar-refractivity contribution is -0.143. The van der Waals surface area contributed by atoms with Crippen LogP contribution in [0.1, 0.15) is 431 Å². The fraction of sp³-hybridized carbons (Fsp3) is 0.899. The fourth-order valence-corrected chi connectivity index (χ4v) is 12.2. The first-order valence-corrected chi connectivity index (χ1v) is 38.8. The van der Waals surface area contributed by atoms with Gasteiger partial charge in [-0.05, 0) is 83.5 Å². The van der Waals surface area contributed by atoms with Gasteiger partial charge in [0, 0.05) is 12.8 Å². The van der Waals surface area contributed by atoms with E-state index >= 15 is 0 Å². The van der Waals surface area contributed by atoms with Crippen LogP contribution in [0.3, 0.4) is 0 Å². The lowest BCUT2D eigenvalue weighted by Gasteiger charge is -2.20. The first-order chi connectivity index (χ1) is 42.0. The van der Waals surface area contributed by atoms with Crippen molar-refractivity contribution in [2.24, 2.45) is 0 Å². The standard InChI is InChI=1S/C79H151NO5/c1-3-5-7-9-11-13-15-17-19-20-21-34-37-40-44-47-51-55-59-63-67-71-77(82)76(75-81)80-78(83)72-68-64-60-56-52-48-45-41-38-35-32-30-28-26-24-22-23-25-27-29-31-33-36-39-42-46-50-54-58-62-66-70-74-85-79(84)73-69-65-61-57-53-49-43-18-16-14-12-10-8-6-4-2/h18,25,27,43,67,71,76-77,81-82H,3-17,19-24,26,28-42,44-66,68-70,72-75H2,1-2H3,(H,80,83)/b27-25-,43-18-,71-67+. The third kappa shape index (κ3) is 71.0. The summed E-state index contributed by atoms with van der Waals surface area (Å²) >= 11 is 0. The van der Waals surface area contributed by atoms with Crippen molar-refractivity contribution in [1.82, 2.24) is 5.32 Å². The maximum atomic E-state index is 12.5. The van der Waals surface area contributed by atoms with E-state index in [4.69, 9.17) is 4.74 Å². The smallest absolute Gasteiger partial charge is 0.305 e. The van der Waals surface area contributed by atoms with E-state index in [1.807, 2.05) is 6.08 Å². The number of rotatable bonds is 73. The van der Waals surface area contributed by atoms with Crippen LogP contribution in [0, 0.1) is 0 Å². The van der Waals surface area contributed by atoms with Crippen LogP contribution in [0.5, 0.6) is 0 Å². The second-order valence-electron chi connectivity index (χ2n) is 26.7. The molecule has 0 saturated carbocycles. The van der Waals surface area contributed by atoms with Gasteiger partial charge in [-0.15, -0.1) is 0 Å². The second kappa shape index (κ2) is 74.5. The average Bonchev–Trinajstić information content (AvgIpc) is 3.51. The van der Waals surface area contributed by atoms with Gasteiger partial charge < -0.3 is 20.3 Å². The molecule has 6 heteroatoms. The highest BCUT2D eigenvalue weighted by molar-refractivity contribution is 5.76. The lowest BCUT2D eigenvalue weighted by Crippen LogP contribution is -2.45. The zero-order valence-corrected chi connectivity index (χ0v) is 57.6. The Kier molecular flexibility index (Phi) is 72.9. The van der Waals surface area contributed by atoms with Gasteiger partial charge in [-0.1, -0.05) is 371 Å². The third-order valence-electron chi connectivity index (χ3n) is 18.1. The molecule has 0 bridgehead atoms. The van der Waals surface area contributed by atoms with Crippen LogP contribution >= 0.6 is 0 Å². The van der Waals surface area contributed by atoms with Gasteiger partial charge in [0.25, 0.3) is 0 Å². The van der Waals surface area contributed by atoms with E-state index in [1.165, 1.54) is 360 Å². The number of ether oxygens (including phenoxy) is 1. The third-order valence-corrected chi connectivity index (χ3v) is 18.1. The van der Waals surface area contributed by atoms with Crippen molar-refractivity contribution in [3.8, 4) is 0 Å². The zero-order valence-electron chi connectivity index (χ0n) is 57.6. The number of amides is 1. The molecule has 0 aliphatic heterocycles. The molecular weight excluding hydrogens is 1040 g/mol. The molecule has 0 spiro atoms. The Labute approximate surface area is 532 Å². The van der Waals surface area contributed by atoms with Crippen LogP contribution < -0.4 is 5.32 Å². The number of carbonyl (C=O) groups excluding carboxylic acids is 2. The normalized spacial score (nSPS) is 12.7. The van der Waals surface area contributed by atoms with Gasteiger partial charge in [0.15, 0.2) is 0 Å². The van der Waals surface area contributed by atoms with Crippen LogP contribution in [0.25, 0.3) is 0 Å². The maximum Gasteiger partial charge on any atom is 0.305 e. The molecule has 0 aromatic heterocycles. The first-order valence-electron chi connectivity index (χ1n) is 38.8. The van der Waals surface area contributed by atoms with Crippen molar-refractivity contribution in [2.45, 2.75) is 443 Å². The van der Waals surface area contributed by atoms with Crippen LogP contribution in [-0.4, -0.2) is 47.4 Å². The zero-order chi connectivity index (χ0) is 61.3. The van der Waals surface area contributed by atoms with E-state index in [2.05, 4.69) is 43.5 Å². The molecule has 0 saturated heterocycles. The Hall–Kier alpha value is -1.92. The summed E-state index contributed by atoms with van der Waals surface area (Å²) < 4.78 is 5.49.